The van der Waals surface area contributed by atoms with Crippen molar-refractivity contribution in [2.24, 2.45) is 0 Å². The number of amides is 2. The predicted molar refractivity (Wildman–Crippen MR) is 97.7 cm³/mol. The lowest BCUT2D eigenvalue weighted by Gasteiger charge is -2.33. The number of para-hydroxylation sites is 1. The van der Waals surface area contributed by atoms with Crippen LogP contribution in [0.4, 0.5) is 0 Å². The van der Waals surface area contributed by atoms with Crippen molar-refractivity contribution in [1.82, 2.24) is 19.6 Å². The Morgan fingerprint density at radius 2 is 1.69 bits per heavy atom. The molecule has 2 aromatic rings. The molecule has 0 spiro atoms. The second-order valence-electron chi connectivity index (χ2n) is 6.16. The normalized spacial score (nSPS) is 14.4. The van der Waals surface area contributed by atoms with E-state index in [0.717, 1.165) is 0 Å². The van der Waals surface area contributed by atoms with Crippen molar-refractivity contribution in [2.75, 3.05) is 26.2 Å². The fourth-order valence-corrected chi connectivity index (χ4v) is 3.15. The maximum absolute atomic E-state index is 12.8. The van der Waals surface area contributed by atoms with Crippen molar-refractivity contribution < 1.29 is 9.59 Å². The number of aryl methyl sites for hydroxylation is 1. The standard InChI is InChI=1S/C18H19ClN4O3/c1-12-11-16(25)17(20-23(12)15-6-4-3-5-14(15)19)18(26)22-9-7-21(8-10-22)13(2)24/h3-6,11H,7-10H2,1-2H3. The van der Waals surface area contributed by atoms with Gasteiger partial charge in [-0.3, -0.25) is 14.4 Å². The van der Waals surface area contributed by atoms with Crippen molar-refractivity contribution in [3.8, 4) is 5.69 Å². The molecule has 0 N–H and O–H groups in total. The van der Waals surface area contributed by atoms with Crippen LogP contribution in [-0.2, 0) is 4.79 Å². The quantitative estimate of drug-likeness (QED) is 0.798. The lowest BCUT2D eigenvalue weighted by Crippen LogP contribution is -2.51. The molecule has 0 aliphatic carbocycles. The Bertz CT molecular complexity index is 917. The van der Waals surface area contributed by atoms with Crippen LogP contribution in [-0.4, -0.2) is 57.6 Å². The van der Waals surface area contributed by atoms with Gasteiger partial charge in [0.1, 0.15) is 0 Å². The molecule has 0 atom stereocenters. The predicted octanol–water partition coefficient (Wildman–Crippen LogP) is 1.50. The molecule has 1 aliphatic rings. The number of benzene rings is 1. The van der Waals surface area contributed by atoms with Crippen LogP contribution in [0.3, 0.4) is 0 Å². The number of hydrogen-bond acceptors (Lipinski definition) is 4. The van der Waals surface area contributed by atoms with Crippen molar-refractivity contribution in [3.05, 3.63) is 57.0 Å². The molecule has 0 bridgehead atoms. The summed E-state index contributed by atoms with van der Waals surface area (Å²) in [7, 11) is 0. The minimum Gasteiger partial charge on any atom is -0.339 e. The molecular formula is C18H19ClN4O3. The van der Waals surface area contributed by atoms with Crippen LogP contribution in [0.2, 0.25) is 5.02 Å². The van der Waals surface area contributed by atoms with Crippen LogP contribution >= 0.6 is 11.6 Å². The van der Waals surface area contributed by atoms with Crippen molar-refractivity contribution in [3.63, 3.8) is 0 Å². The molecule has 26 heavy (non-hydrogen) atoms. The van der Waals surface area contributed by atoms with Crippen molar-refractivity contribution >= 4 is 23.4 Å². The molecule has 2 amide bonds. The van der Waals surface area contributed by atoms with E-state index in [4.69, 9.17) is 11.6 Å². The Kier molecular flexibility index (Phi) is 5.08. The van der Waals surface area contributed by atoms with Gasteiger partial charge in [0.05, 0.1) is 10.7 Å². The maximum Gasteiger partial charge on any atom is 0.278 e. The molecule has 1 aromatic carbocycles. The van der Waals surface area contributed by atoms with E-state index < -0.39 is 11.3 Å². The third kappa shape index (κ3) is 3.48. The molecule has 2 heterocycles. The van der Waals surface area contributed by atoms with Gasteiger partial charge in [-0.15, -0.1) is 0 Å². The van der Waals surface area contributed by atoms with Crippen molar-refractivity contribution in [2.45, 2.75) is 13.8 Å². The Hall–Kier alpha value is -2.67. The molecule has 0 radical (unpaired) electrons. The summed E-state index contributed by atoms with van der Waals surface area (Å²) in [6, 6.07) is 8.48. The van der Waals surface area contributed by atoms with Crippen molar-refractivity contribution in [1.29, 1.82) is 0 Å². The minimum absolute atomic E-state index is 0.0216. The monoisotopic (exact) mass is 374 g/mol. The molecule has 0 unspecified atom stereocenters. The van der Waals surface area contributed by atoms with E-state index in [0.29, 0.717) is 42.6 Å². The number of carbonyl (C=O) groups excluding carboxylic acids is 2. The first-order valence-corrected chi connectivity index (χ1v) is 8.67. The van der Waals surface area contributed by atoms with Gasteiger partial charge < -0.3 is 9.80 Å². The summed E-state index contributed by atoms with van der Waals surface area (Å²) in [6.07, 6.45) is 0. The van der Waals surface area contributed by atoms with Crippen LogP contribution in [0.5, 0.6) is 0 Å². The van der Waals surface area contributed by atoms with E-state index in [-0.39, 0.29) is 11.6 Å². The highest BCUT2D eigenvalue weighted by Crippen LogP contribution is 2.20. The summed E-state index contributed by atoms with van der Waals surface area (Å²) in [5.41, 5.74) is 0.611. The van der Waals surface area contributed by atoms with Gasteiger partial charge in [0.2, 0.25) is 11.3 Å². The highest BCUT2D eigenvalue weighted by molar-refractivity contribution is 6.32. The zero-order valence-corrected chi connectivity index (χ0v) is 15.4. The fourth-order valence-electron chi connectivity index (χ4n) is 2.94. The molecule has 1 aliphatic heterocycles. The van der Waals surface area contributed by atoms with Gasteiger partial charge in [0, 0.05) is 44.9 Å². The number of carbonyl (C=O) groups is 2. The van der Waals surface area contributed by atoms with Gasteiger partial charge >= 0.3 is 0 Å². The van der Waals surface area contributed by atoms with E-state index in [1.54, 1.807) is 34.9 Å². The van der Waals surface area contributed by atoms with Gasteiger partial charge in [0.15, 0.2) is 5.69 Å². The van der Waals surface area contributed by atoms with E-state index >= 15 is 0 Å². The highest BCUT2D eigenvalue weighted by Gasteiger charge is 2.26. The van der Waals surface area contributed by atoms with E-state index in [2.05, 4.69) is 5.10 Å². The Labute approximate surface area is 155 Å². The summed E-state index contributed by atoms with van der Waals surface area (Å²) >= 11 is 6.23. The van der Waals surface area contributed by atoms with Crippen LogP contribution in [0.25, 0.3) is 5.69 Å². The number of aromatic nitrogens is 2. The zero-order valence-electron chi connectivity index (χ0n) is 14.6. The summed E-state index contributed by atoms with van der Waals surface area (Å²) in [5.74, 6) is -0.453. The summed E-state index contributed by atoms with van der Waals surface area (Å²) in [5, 5.41) is 4.75. The molecular weight excluding hydrogens is 356 g/mol. The number of halogens is 1. The van der Waals surface area contributed by atoms with Gasteiger partial charge in [-0.1, -0.05) is 23.7 Å². The van der Waals surface area contributed by atoms with Crippen LogP contribution in [0.1, 0.15) is 23.1 Å². The Morgan fingerprint density at radius 1 is 1.08 bits per heavy atom. The number of piperazine rings is 1. The minimum atomic E-state index is -0.431. The second kappa shape index (κ2) is 7.29. The smallest absolute Gasteiger partial charge is 0.278 e. The number of hydrogen-bond donors (Lipinski definition) is 0. The molecule has 8 heteroatoms. The average molecular weight is 375 g/mol. The SMILES string of the molecule is CC(=O)N1CCN(C(=O)c2nn(-c3ccccc3Cl)c(C)cc2=O)CC1. The van der Waals surface area contributed by atoms with E-state index in [9.17, 15) is 14.4 Å². The van der Waals surface area contributed by atoms with Gasteiger partial charge in [-0.05, 0) is 19.1 Å². The lowest BCUT2D eigenvalue weighted by atomic mass is 10.2. The summed E-state index contributed by atoms with van der Waals surface area (Å²) in [4.78, 5) is 39.8. The Morgan fingerprint density at radius 3 is 2.31 bits per heavy atom. The van der Waals surface area contributed by atoms with Crippen LogP contribution < -0.4 is 5.43 Å². The fraction of sp³-hybridized carbons (Fsp3) is 0.333. The van der Waals surface area contributed by atoms with E-state index in [1.807, 2.05) is 6.07 Å². The average Bonchev–Trinajstić information content (AvgIpc) is 2.62. The molecule has 1 aromatic heterocycles. The molecule has 3 rings (SSSR count). The zero-order chi connectivity index (χ0) is 18.8. The van der Waals surface area contributed by atoms with Gasteiger partial charge in [-0.2, -0.15) is 5.10 Å². The summed E-state index contributed by atoms with van der Waals surface area (Å²) in [6.45, 7) is 4.88. The van der Waals surface area contributed by atoms with Crippen LogP contribution in [0.15, 0.2) is 35.1 Å². The highest BCUT2D eigenvalue weighted by atomic mass is 35.5. The first-order chi connectivity index (χ1) is 12.4. The molecule has 1 fully saturated rings. The largest absolute Gasteiger partial charge is 0.339 e. The third-order valence-electron chi connectivity index (χ3n) is 4.40. The maximum atomic E-state index is 12.8. The summed E-state index contributed by atoms with van der Waals surface area (Å²) < 4.78 is 1.50. The van der Waals surface area contributed by atoms with Gasteiger partial charge in [-0.25, -0.2) is 4.68 Å². The van der Waals surface area contributed by atoms with Gasteiger partial charge in [0.25, 0.3) is 5.91 Å². The molecule has 0 saturated carbocycles. The first-order valence-electron chi connectivity index (χ1n) is 8.29. The second-order valence-corrected chi connectivity index (χ2v) is 6.57. The molecule has 136 valence electrons. The number of rotatable bonds is 2. The molecule has 1 saturated heterocycles. The molecule has 7 nitrogen and oxygen atoms in total. The lowest BCUT2D eigenvalue weighted by molar-refractivity contribution is -0.130. The Balaban J connectivity index is 1.92. The van der Waals surface area contributed by atoms with Crippen LogP contribution in [0, 0.1) is 6.92 Å². The van der Waals surface area contributed by atoms with E-state index in [1.165, 1.54) is 17.7 Å². The first kappa shape index (κ1) is 18.1. The topological polar surface area (TPSA) is 75.5 Å². The third-order valence-corrected chi connectivity index (χ3v) is 4.72. The number of nitrogens with zero attached hydrogens (tertiary/aromatic N) is 4.